The van der Waals surface area contributed by atoms with Gasteiger partial charge in [0.15, 0.2) is 0 Å². The molecule has 18 heavy (non-hydrogen) atoms. The van der Waals surface area contributed by atoms with Crippen molar-refractivity contribution >= 4 is 50.0 Å². The first-order valence-electron chi connectivity index (χ1n) is 5.44. The number of thiophene rings is 1. The van der Waals surface area contributed by atoms with Crippen LogP contribution in [0, 0.1) is 0 Å². The predicted octanol–water partition coefficient (Wildman–Crippen LogP) is 2.21. The number of halogens is 1. The number of carbonyl (C=O) groups is 1. The van der Waals surface area contributed by atoms with Gasteiger partial charge in [-0.05, 0) is 11.6 Å². The Kier molecular flexibility index (Phi) is 3.17. The summed E-state index contributed by atoms with van der Waals surface area (Å²) in [7, 11) is -0.113. The molecule has 1 saturated carbocycles. The van der Waals surface area contributed by atoms with E-state index in [-0.39, 0.29) is 16.2 Å². The summed E-state index contributed by atoms with van der Waals surface area (Å²) in [6, 6.07) is 1.88. The molecule has 3 rings (SSSR count). The average molecular weight is 301 g/mol. The van der Waals surface area contributed by atoms with Gasteiger partial charge in [-0.1, -0.05) is 11.8 Å². The highest BCUT2D eigenvalue weighted by Gasteiger charge is 2.39. The maximum absolute atomic E-state index is 10.5. The van der Waals surface area contributed by atoms with Crippen molar-refractivity contribution in [2.24, 2.45) is 0 Å². The van der Waals surface area contributed by atoms with Gasteiger partial charge in [-0.2, -0.15) is 4.98 Å². The van der Waals surface area contributed by atoms with Gasteiger partial charge in [0.05, 0.1) is 11.4 Å². The van der Waals surface area contributed by atoms with Gasteiger partial charge in [-0.3, -0.25) is 0 Å². The Morgan fingerprint density at radius 3 is 3.00 bits per heavy atom. The van der Waals surface area contributed by atoms with E-state index in [1.807, 2.05) is 6.07 Å². The summed E-state index contributed by atoms with van der Waals surface area (Å²) in [5.41, 5.74) is 0. The number of carbonyl (C=O) groups excluding carboxylic acids is 1. The van der Waals surface area contributed by atoms with Gasteiger partial charge in [0.2, 0.25) is 4.34 Å². The maximum Gasteiger partial charge on any atom is 0.279 e. The molecule has 7 heteroatoms. The fourth-order valence-electron chi connectivity index (χ4n) is 1.80. The summed E-state index contributed by atoms with van der Waals surface area (Å²) >= 11 is 7.44. The third kappa shape index (κ3) is 2.20. The van der Waals surface area contributed by atoms with Crippen molar-refractivity contribution in [3.05, 3.63) is 16.7 Å². The normalized spacial score (nSPS) is 16.2. The SMILES string of the molecule is O=C([O-])CSc1ncnc2c1cc(Cl)[s+]2C1CC1. The van der Waals surface area contributed by atoms with Crippen LogP contribution in [0.1, 0.15) is 18.1 Å². The number of aromatic nitrogens is 2. The molecule has 0 N–H and O–H groups in total. The van der Waals surface area contributed by atoms with Crippen molar-refractivity contribution in [3.63, 3.8) is 0 Å². The minimum atomic E-state index is -1.10. The van der Waals surface area contributed by atoms with E-state index in [9.17, 15) is 9.90 Å². The molecule has 0 saturated heterocycles. The lowest BCUT2D eigenvalue weighted by molar-refractivity contribution is -0.301. The molecule has 1 fully saturated rings. The molecule has 0 aliphatic heterocycles. The fraction of sp³-hybridized carbons (Fsp3) is 0.364. The van der Waals surface area contributed by atoms with Crippen LogP contribution in [-0.2, 0) is 4.79 Å². The average Bonchev–Trinajstić information content (AvgIpc) is 3.09. The molecule has 2 aromatic heterocycles. The molecule has 1 aliphatic rings. The number of fused-ring (bicyclic) bond motifs is 1. The summed E-state index contributed by atoms with van der Waals surface area (Å²) in [4.78, 5) is 19.9. The molecular formula is C11H9ClN2O2S2. The summed E-state index contributed by atoms with van der Waals surface area (Å²) in [6.45, 7) is 0. The van der Waals surface area contributed by atoms with Gasteiger partial charge in [0, 0.05) is 35.1 Å². The van der Waals surface area contributed by atoms with Gasteiger partial charge in [-0.15, -0.1) is 0 Å². The number of carboxylic acids is 1. The number of hydrogen-bond acceptors (Lipinski definition) is 5. The molecule has 4 nitrogen and oxygen atoms in total. The lowest BCUT2D eigenvalue weighted by Gasteiger charge is -2.00. The van der Waals surface area contributed by atoms with E-state index in [0.717, 1.165) is 26.3 Å². The third-order valence-electron chi connectivity index (χ3n) is 2.67. The van der Waals surface area contributed by atoms with Crippen molar-refractivity contribution in [2.45, 2.75) is 23.1 Å². The van der Waals surface area contributed by atoms with Crippen LogP contribution >= 0.6 is 33.8 Å². The van der Waals surface area contributed by atoms with Crippen LogP contribution in [-0.4, -0.2) is 21.7 Å². The maximum atomic E-state index is 10.5. The lowest BCUT2D eigenvalue weighted by atomic mass is 10.4. The topological polar surface area (TPSA) is 65.9 Å². The number of thioether (sulfide) groups is 1. The standard InChI is InChI=1S/C11H9ClN2O2S2/c12-8-3-7-10(17-4-9(15)16)13-5-14-11(7)18(8)6-1-2-6/h3,5-6H,1-2,4H2. The Hall–Kier alpha value is -0.850. The summed E-state index contributed by atoms with van der Waals surface area (Å²) in [5.74, 6) is -1.20. The molecule has 0 spiro atoms. The zero-order valence-corrected chi connectivity index (χ0v) is 11.6. The van der Waals surface area contributed by atoms with Crippen molar-refractivity contribution in [3.8, 4) is 0 Å². The van der Waals surface area contributed by atoms with Crippen molar-refractivity contribution in [1.29, 1.82) is 0 Å². The Labute approximate surface area is 115 Å². The van der Waals surface area contributed by atoms with E-state index in [1.165, 1.54) is 19.2 Å². The summed E-state index contributed by atoms with van der Waals surface area (Å²) in [5, 5.41) is 12.7. The molecule has 2 aromatic rings. The Morgan fingerprint density at radius 1 is 1.56 bits per heavy atom. The van der Waals surface area contributed by atoms with E-state index in [2.05, 4.69) is 9.97 Å². The van der Waals surface area contributed by atoms with Gasteiger partial charge in [0.25, 0.3) is 4.83 Å². The molecule has 0 bridgehead atoms. The largest absolute Gasteiger partial charge is 0.549 e. The van der Waals surface area contributed by atoms with E-state index in [4.69, 9.17) is 11.6 Å². The lowest BCUT2D eigenvalue weighted by Crippen LogP contribution is -2.24. The number of nitrogens with zero attached hydrogens (tertiary/aromatic N) is 2. The molecule has 1 atom stereocenters. The number of aliphatic carboxylic acids is 1. The summed E-state index contributed by atoms with van der Waals surface area (Å²) in [6.07, 6.45) is 3.87. The molecule has 0 aromatic carbocycles. The molecule has 1 unspecified atom stereocenters. The van der Waals surface area contributed by atoms with Crippen molar-refractivity contribution in [1.82, 2.24) is 9.97 Å². The highest BCUT2D eigenvalue weighted by Crippen LogP contribution is 2.57. The minimum absolute atomic E-state index is 0.105. The first-order chi connectivity index (χ1) is 8.66. The first-order valence-corrected chi connectivity index (χ1v) is 8.10. The fourth-order valence-corrected chi connectivity index (χ4v) is 5.48. The van der Waals surface area contributed by atoms with Crippen LogP contribution in [0.4, 0.5) is 0 Å². The number of rotatable bonds is 4. The quantitative estimate of drug-likeness (QED) is 0.492. The summed E-state index contributed by atoms with van der Waals surface area (Å²) < 4.78 is 0.823. The monoisotopic (exact) mass is 300 g/mol. The minimum Gasteiger partial charge on any atom is -0.549 e. The molecule has 0 radical (unpaired) electrons. The highest BCUT2D eigenvalue weighted by molar-refractivity contribution is 8.00. The van der Waals surface area contributed by atoms with Crippen molar-refractivity contribution in [2.75, 3.05) is 5.75 Å². The molecular weight excluding hydrogens is 292 g/mol. The van der Waals surface area contributed by atoms with Crippen LogP contribution in [0.5, 0.6) is 0 Å². The third-order valence-corrected chi connectivity index (χ3v) is 6.68. The van der Waals surface area contributed by atoms with E-state index in [0.29, 0.717) is 10.3 Å². The van der Waals surface area contributed by atoms with Crippen molar-refractivity contribution < 1.29 is 9.90 Å². The van der Waals surface area contributed by atoms with Gasteiger partial charge < -0.3 is 9.90 Å². The number of carboxylic acid groups (broad SMARTS) is 1. The Morgan fingerprint density at radius 2 is 2.33 bits per heavy atom. The Bertz CT molecular complexity index is 625. The van der Waals surface area contributed by atoms with Crippen LogP contribution < -0.4 is 5.11 Å². The Balaban J connectivity index is 2.05. The van der Waals surface area contributed by atoms with Gasteiger partial charge in [-0.25, -0.2) is 4.98 Å². The second kappa shape index (κ2) is 4.68. The first kappa shape index (κ1) is 12.2. The van der Waals surface area contributed by atoms with Gasteiger partial charge >= 0.3 is 0 Å². The van der Waals surface area contributed by atoms with Crippen LogP contribution in [0.15, 0.2) is 17.4 Å². The van der Waals surface area contributed by atoms with E-state index >= 15 is 0 Å². The molecule has 1 aliphatic carbocycles. The van der Waals surface area contributed by atoms with Crippen LogP contribution in [0.3, 0.4) is 0 Å². The zero-order chi connectivity index (χ0) is 12.7. The second-order valence-corrected chi connectivity index (χ2v) is 7.81. The smallest absolute Gasteiger partial charge is 0.279 e. The molecule has 0 amide bonds. The van der Waals surface area contributed by atoms with E-state index in [1.54, 1.807) is 0 Å². The van der Waals surface area contributed by atoms with Gasteiger partial charge in [0.1, 0.15) is 16.6 Å². The zero-order valence-electron chi connectivity index (χ0n) is 9.26. The van der Waals surface area contributed by atoms with Crippen LogP contribution in [0.2, 0.25) is 4.34 Å². The number of hydrogen-bond donors (Lipinski definition) is 0. The second-order valence-electron chi connectivity index (χ2n) is 4.04. The molecule has 2 heterocycles. The molecule has 94 valence electrons. The van der Waals surface area contributed by atoms with Crippen LogP contribution in [0.25, 0.3) is 10.2 Å². The highest BCUT2D eigenvalue weighted by atomic mass is 35.5. The van der Waals surface area contributed by atoms with E-state index < -0.39 is 5.97 Å². The predicted molar refractivity (Wildman–Crippen MR) is 71.0 cm³/mol.